The van der Waals surface area contributed by atoms with Crippen molar-refractivity contribution < 1.29 is 9.72 Å². The molecule has 1 fully saturated rings. The van der Waals surface area contributed by atoms with Gasteiger partial charge in [-0.3, -0.25) is 19.8 Å². The molecule has 0 spiro atoms. The molecule has 1 aliphatic heterocycles. The van der Waals surface area contributed by atoms with E-state index >= 15 is 0 Å². The first-order valence-corrected chi connectivity index (χ1v) is 8.61. The Morgan fingerprint density at radius 3 is 2.65 bits per heavy atom. The molecule has 0 aliphatic carbocycles. The van der Waals surface area contributed by atoms with Crippen molar-refractivity contribution in [1.82, 2.24) is 9.80 Å². The van der Waals surface area contributed by atoms with Crippen LogP contribution in [0.2, 0.25) is 0 Å². The number of hydrogen-bond donors (Lipinski definition) is 1. The van der Waals surface area contributed by atoms with Gasteiger partial charge in [0.15, 0.2) is 0 Å². The van der Waals surface area contributed by atoms with Gasteiger partial charge in [0.05, 0.1) is 4.92 Å². The third-order valence-electron chi connectivity index (χ3n) is 4.24. The fourth-order valence-electron chi connectivity index (χ4n) is 2.95. The van der Waals surface area contributed by atoms with Crippen molar-refractivity contribution >= 4 is 23.4 Å². The van der Waals surface area contributed by atoms with Gasteiger partial charge in [0, 0.05) is 48.1 Å². The van der Waals surface area contributed by atoms with E-state index in [1.165, 1.54) is 6.07 Å². The molecule has 1 aliphatic rings. The zero-order valence-corrected chi connectivity index (χ0v) is 14.4. The molecular formula is C15H22N4O3S. The first-order chi connectivity index (χ1) is 10.8. The Labute approximate surface area is 140 Å². The minimum atomic E-state index is -0.657. The van der Waals surface area contributed by atoms with E-state index in [1.54, 1.807) is 12.1 Å². The molecule has 23 heavy (non-hydrogen) atoms. The van der Waals surface area contributed by atoms with Gasteiger partial charge < -0.3 is 10.6 Å². The Kier molecular flexibility index (Phi) is 5.61. The summed E-state index contributed by atoms with van der Waals surface area (Å²) < 4.78 is 0. The highest BCUT2D eigenvalue weighted by atomic mass is 32.2. The van der Waals surface area contributed by atoms with Gasteiger partial charge in [0.2, 0.25) is 5.91 Å². The van der Waals surface area contributed by atoms with Crippen molar-refractivity contribution in [1.29, 1.82) is 0 Å². The van der Waals surface area contributed by atoms with Crippen LogP contribution in [-0.2, 0) is 6.54 Å². The van der Waals surface area contributed by atoms with Gasteiger partial charge in [-0.05, 0) is 26.4 Å². The summed E-state index contributed by atoms with van der Waals surface area (Å²) in [4.78, 5) is 26.5. The van der Waals surface area contributed by atoms with E-state index in [0.29, 0.717) is 23.4 Å². The predicted molar refractivity (Wildman–Crippen MR) is 91.7 cm³/mol. The Balaban J connectivity index is 2.20. The maximum Gasteiger partial charge on any atom is 0.274 e. The molecule has 1 saturated heterocycles. The summed E-state index contributed by atoms with van der Waals surface area (Å²) in [6.07, 6.45) is 2.09. The Hall–Kier alpha value is -1.64. The van der Waals surface area contributed by atoms with Gasteiger partial charge >= 0.3 is 0 Å². The summed E-state index contributed by atoms with van der Waals surface area (Å²) in [6.45, 7) is 2.25. The standard InChI is InChI=1S/C15H22N4O3S/c1-17(2)13-8-18(9-14(13)23-3)7-11-5-4-10(15(16)20)6-12(11)19(21)22/h4-6,13-14H,7-9H2,1-3H3,(H2,16,20)/t13-,14-/m1/s1. The fraction of sp³-hybridized carbons (Fsp3) is 0.533. The molecule has 8 heteroatoms. The summed E-state index contributed by atoms with van der Waals surface area (Å²) in [5.41, 5.74) is 5.93. The molecule has 0 bridgehead atoms. The number of likely N-dealkylation sites (tertiary alicyclic amines) is 1. The van der Waals surface area contributed by atoms with Crippen molar-refractivity contribution in [2.75, 3.05) is 33.4 Å². The number of carbonyl (C=O) groups excluding carboxylic acids is 1. The Bertz CT molecular complexity index is 608. The predicted octanol–water partition coefficient (Wildman–Crippen LogP) is 1.17. The molecule has 0 aromatic heterocycles. The maximum atomic E-state index is 11.3. The zero-order valence-electron chi connectivity index (χ0n) is 13.6. The number of nitro groups is 1. The molecule has 2 N–H and O–H groups in total. The number of nitrogens with zero attached hydrogens (tertiary/aromatic N) is 3. The quantitative estimate of drug-likeness (QED) is 0.618. The molecule has 1 aromatic carbocycles. The number of amides is 1. The smallest absolute Gasteiger partial charge is 0.274 e. The lowest BCUT2D eigenvalue weighted by molar-refractivity contribution is -0.385. The van der Waals surface area contributed by atoms with Crippen LogP contribution in [0.4, 0.5) is 5.69 Å². The number of rotatable bonds is 6. The largest absolute Gasteiger partial charge is 0.366 e. The van der Waals surface area contributed by atoms with Crippen LogP contribution < -0.4 is 5.73 Å². The van der Waals surface area contributed by atoms with E-state index in [1.807, 2.05) is 11.8 Å². The summed E-state index contributed by atoms with van der Waals surface area (Å²) in [7, 11) is 4.11. The second kappa shape index (κ2) is 7.29. The van der Waals surface area contributed by atoms with Crippen LogP contribution in [0.3, 0.4) is 0 Å². The third-order valence-corrected chi connectivity index (χ3v) is 5.31. The summed E-state index contributed by atoms with van der Waals surface area (Å²) in [6, 6.07) is 4.88. The second-order valence-corrected chi connectivity index (χ2v) is 7.04. The van der Waals surface area contributed by atoms with E-state index in [4.69, 9.17) is 5.73 Å². The van der Waals surface area contributed by atoms with Gasteiger partial charge in [-0.1, -0.05) is 6.07 Å². The molecule has 126 valence electrons. The van der Waals surface area contributed by atoms with Crippen LogP contribution in [-0.4, -0.2) is 65.4 Å². The van der Waals surface area contributed by atoms with E-state index < -0.39 is 10.8 Å². The molecule has 0 saturated carbocycles. The van der Waals surface area contributed by atoms with Crippen LogP contribution in [0.1, 0.15) is 15.9 Å². The van der Waals surface area contributed by atoms with Crippen molar-refractivity contribution in [3.63, 3.8) is 0 Å². The highest BCUT2D eigenvalue weighted by molar-refractivity contribution is 7.99. The highest BCUT2D eigenvalue weighted by Crippen LogP contribution is 2.28. The number of nitrogens with two attached hydrogens (primary N) is 1. The van der Waals surface area contributed by atoms with Crippen LogP contribution in [0, 0.1) is 10.1 Å². The minimum Gasteiger partial charge on any atom is -0.366 e. The number of thioether (sulfide) groups is 1. The van der Waals surface area contributed by atoms with Gasteiger partial charge in [0.25, 0.3) is 5.69 Å². The van der Waals surface area contributed by atoms with E-state index in [9.17, 15) is 14.9 Å². The first kappa shape index (κ1) is 17.7. The average molecular weight is 338 g/mol. The lowest BCUT2D eigenvalue weighted by atomic mass is 10.1. The molecule has 1 aromatic rings. The molecule has 1 amide bonds. The van der Waals surface area contributed by atoms with E-state index in [2.05, 4.69) is 30.2 Å². The van der Waals surface area contributed by atoms with Gasteiger partial charge in [-0.25, -0.2) is 0 Å². The number of benzene rings is 1. The Morgan fingerprint density at radius 2 is 2.17 bits per heavy atom. The van der Waals surface area contributed by atoms with Crippen LogP contribution in [0.25, 0.3) is 0 Å². The summed E-state index contributed by atoms with van der Waals surface area (Å²) in [5.74, 6) is -0.657. The molecule has 0 radical (unpaired) electrons. The van der Waals surface area contributed by atoms with Gasteiger partial charge in [0.1, 0.15) is 0 Å². The molecule has 7 nitrogen and oxygen atoms in total. The number of carbonyl (C=O) groups is 1. The van der Waals surface area contributed by atoms with Crippen LogP contribution in [0.15, 0.2) is 18.2 Å². The zero-order chi connectivity index (χ0) is 17.1. The monoisotopic (exact) mass is 338 g/mol. The molecule has 2 atom stereocenters. The summed E-state index contributed by atoms with van der Waals surface area (Å²) in [5, 5.41) is 11.8. The third kappa shape index (κ3) is 4.01. The molecule has 2 rings (SSSR count). The maximum absolute atomic E-state index is 11.3. The van der Waals surface area contributed by atoms with Crippen molar-refractivity contribution in [3.8, 4) is 0 Å². The van der Waals surface area contributed by atoms with E-state index in [-0.39, 0.29) is 11.3 Å². The SMILES string of the molecule is CS[C@@H]1CN(Cc2ccc(C(N)=O)cc2[N+](=O)[O-])C[C@H]1N(C)C. The van der Waals surface area contributed by atoms with Gasteiger partial charge in [-0.2, -0.15) is 11.8 Å². The minimum absolute atomic E-state index is 0.0460. The average Bonchev–Trinajstić information content (AvgIpc) is 2.90. The van der Waals surface area contributed by atoms with Crippen molar-refractivity contribution in [2.45, 2.75) is 17.8 Å². The fourth-order valence-corrected chi connectivity index (χ4v) is 3.95. The molecular weight excluding hydrogens is 316 g/mol. The van der Waals surface area contributed by atoms with Crippen LogP contribution in [0.5, 0.6) is 0 Å². The number of nitro benzene ring substituents is 1. The van der Waals surface area contributed by atoms with Crippen molar-refractivity contribution in [3.05, 3.63) is 39.4 Å². The normalized spacial score (nSPS) is 21.7. The van der Waals surface area contributed by atoms with Crippen LogP contribution >= 0.6 is 11.8 Å². The number of likely N-dealkylation sites (N-methyl/N-ethyl adjacent to an activating group) is 1. The highest BCUT2D eigenvalue weighted by Gasteiger charge is 2.34. The summed E-state index contributed by atoms with van der Waals surface area (Å²) >= 11 is 1.82. The lowest BCUT2D eigenvalue weighted by Crippen LogP contribution is -2.36. The molecule has 0 unspecified atom stereocenters. The topological polar surface area (TPSA) is 92.7 Å². The first-order valence-electron chi connectivity index (χ1n) is 7.32. The Morgan fingerprint density at radius 1 is 1.48 bits per heavy atom. The molecule has 1 heterocycles. The van der Waals surface area contributed by atoms with E-state index in [0.717, 1.165) is 13.1 Å². The number of primary amides is 1. The lowest BCUT2D eigenvalue weighted by Gasteiger charge is -2.23. The van der Waals surface area contributed by atoms with Crippen molar-refractivity contribution in [2.24, 2.45) is 5.73 Å². The second-order valence-electron chi connectivity index (χ2n) is 5.96. The van der Waals surface area contributed by atoms with Gasteiger partial charge in [-0.15, -0.1) is 0 Å². The number of hydrogen-bond acceptors (Lipinski definition) is 6.